The number of ketones is 1. The Morgan fingerprint density at radius 1 is 0.824 bits per heavy atom. The third kappa shape index (κ3) is 6.21. The summed E-state index contributed by atoms with van der Waals surface area (Å²) in [6.07, 6.45) is 3.12. The number of carbonyl (C=O) groups is 2. The van der Waals surface area contributed by atoms with E-state index in [0.29, 0.717) is 28.4 Å². The predicted molar refractivity (Wildman–Crippen MR) is 136 cm³/mol. The van der Waals surface area contributed by atoms with Gasteiger partial charge in [-0.2, -0.15) is 0 Å². The van der Waals surface area contributed by atoms with Crippen LogP contribution in [0.5, 0.6) is 5.75 Å². The smallest absolute Gasteiger partial charge is 0.248 e. The van der Waals surface area contributed by atoms with E-state index in [9.17, 15) is 9.59 Å². The lowest BCUT2D eigenvalue weighted by molar-refractivity contribution is -0.111. The average Bonchev–Trinajstić information content (AvgIpc) is 2.88. The number of anilines is 1. The molecule has 0 aliphatic carbocycles. The van der Waals surface area contributed by atoms with Gasteiger partial charge in [0.15, 0.2) is 5.78 Å². The third-order valence-electron chi connectivity index (χ3n) is 5.08. The molecule has 0 radical (unpaired) electrons. The summed E-state index contributed by atoms with van der Waals surface area (Å²) in [5.74, 6) is 0.179. The fraction of sp³-hybridized carbons (Fsp3) is 0.0345. The number of carbonyl (C=O) groups excluding carboxylic acids is 2. The van der Waals surface area contributed by atoms with Crippen LogP contribution in [0.4, 0.5) is 5.69 Å². The monoisotopic (exact) mass is 467 g/mol. The normalized spacial score (nSPS) is 10.7. The minimum Gasteiger partial charge on any atom is -0.489 e. The van der Waals surface area contributed by atoms with E-state index in [1.165, 1.54) is 6.08 Å². The van der Waals surface area contributed by atoms with E-state index in [2.05, 4.69) is 5.32 Å². The number of hydrogen-bond donors (Lipinski definition) is 1. The Labute approximate surface area is 203 Å². The van der Waals surface area contributed by atoms with Crippen LogP contribution in [-0.4, -0.2) is 11.7 Å². The van der Waals surface area contributed by atoms with Gasteiger partial charge in [-0.05, 0) is 47.5 Å². The van der Waals surface area contributed by atoms with Gasteiger partial charge in [-0.1, -0.05) is 84.4 Å². The fourth-order valence-electron chi connectivity index (χ4n) is 3.32. The standard InChI is InChI=1S/C29H22ClNO3/c30-24-14-17-27(26(19-24)29(33)23-9-5-2-6-10-23)31-28(32)18-13-21-11-15-25(16-12-21)34-20-22-7-3-1-4-8-22/h1-19H,20H2,(H,31,32)/b18-13+. The SMILES string of the molecule is O=C(/C=C/c1ccc(OCc2ccccc2)cc1)Nc1ccc(Cl)cc1C(=O)c1ccccc1. The van der Waals surface area contributed by atoms with Gasteiger partial charge in [0.1, 0.15) is 12.4 Å². The molecule has 1 amide bonds. The second kappa shape index (κ2) is 11.1. The minimum absolute atomic E-state index is 0.214. The molecule has 0 heterocycles. The first-order valence-electron chi connectivity index (χ1n) is 10.7. The maximum absolute atomic E-state index is 12.9. The molecule has 0 atom stereocenters. The van der Waals surface area contributed by atoms with E-state index in [1.54, 1.807) is 48.5 Å². The van der Waals surface area contributed by atoms with Crippen LogP contribution in [0.25, 0.3) is 6.08 Å². The van der Waals surface area contributed by atoms with Crippen molar-refractivity contribution < 1.29 is 14.3 Å². The first kappa shape index (κ1) is 23.0. The summed E-state index contributed by atoms with van der Waals surface area (Å²) in [6, 6.07) is 31.1. The molecular weight excluding hydrogens is 446 g/mol. The highest BCUT2D eigenvalue weighted by molar-refractivity contribution is 6.31. The Morgan fingerprint density at radius 3 is 2.21 bits per heavy atom. The minimum atomic E-state index is -0.353. The average molecular weight is 468 g/mol. The Kier molecular flexibility index (Phi) is 7.53. The second-order valence-electron chi connectivity index (χ2n) is 7.55. The van der Waals surface area contributed by atoms with Gasteiger partial charge < -0.3 is 10.1 Å². The molecule has 4 nitrogen and oxygen atoms in total. The van der Waals surface area contributed by atoms with Gasteiger partial charge in [-0.15, -0.1) is 0 Å². The zero-order chi connectivity index (χ0) is 23.8. The molecule has 5 heteroatoms. The summed E-state index contributed by atoms with van der Waals surface area (Å²) in [5.41, 5.74) is 3.19. The maximum Gasteiger partial charge on any atom is 0.248 e. The summed E-state index contributed by atoms with van der Waals surface area (Å²) in [5, 5.41) is 3.20. The van der Waals surface area contributed by atoms with Crippen molar-refractivity contribution in [1.29, 1.82) is 0 Å². The number of nitrogens with one attached hydrogen (secondary N) is 1. The summed E-state index contributed by atoms with van der Waals surface area (Å²) in [4.78, 5) is 25.5. The van der Waals surface area contributed by atoms with E-state index >= 15 is 0 Å². The van der Waals surface area contributed by atoms with Gasteiger partial charge in [0.05, 0.1) is 5.69 Å². The van der Waals surface area contributed by atoms with Crippen LogP contribution < -0.4 is 10.1 Å². The van der Waals surface area contributed by atoms with Crippen molar-refractivity contribution in [3.05, 3.63) is 136 Å². The fourth-order valence-corrected chi connectivity index (χ4v) is 3.49. The molecule has 4 aromatic rings. The second-order valence-corrected chi connectivity index (χ2v) is 7.99. The van der Waals surface area contributed by atoms with E-state index in [0.717, 1.165) is 16.9 Å². The van der Waals surface area contributed by atoms with Crippen molar-refractivity contribution in [2.45, 2.75) is 6.61 Å². The molecule has 0 saturated heterocycles. The van der Waals surface area contributed by atoms with Crippen LogP contribution in [-0.2, 0) is 11.4 Å². The molecule has 168 valence electrons. The quantitative estimate of drug-likeness (QED) is 0.229. The van der Waals surface area contributed by atoms with Crippen LogP contribution >= 0.6 is 11.6 Å². The van der Waals surface area contributed by atoms with Crippen molar-refractivity contribution in [2.24, 2.45) is 0 Å². The van der Waals surface area contributed by atoms with Crippen LogP contribution in [0, 0.1) is 0 Å². The van der Waals surface area contributed by atoms with Crippen LogP contribution in [0.15, 0.2) is 109 Å². The number of halogens is 1. The molecule has 4 rings (SSSR count). The summed E-state index contributed by atoms with van der Waals surface area (Å²) in [6.45, 7) is 0.490. The number of benzene rings is 4. The lowest BCUT2D eigenvalue weighted by Crippen LogP contribution is -2.12. The number of rotatable bonds is 8. The molecule has 0 bridgehead atoms. The van der Waals surface area contributed by atoms with E-state index in [4.69, 9.17) is 16.3 Å². The molecule has 0 aliphatic heterocycles. The van der Waals surface area contributed by atoms with Crippen molar-refractivity contribution in [2.75, 3.05) is 5.32 Å². The Bertz CT molecular complexity index is 1300. The number of amides is 1. The molecule has 0 unspecified atom stereocenters. The lowest BCUT2D eigenvalue weighted by Gasteiger charge is -2.10. The van der Waals surface area contributed by atoms with E-state index in [1.807, 2.05) is 60.7 Å². The highest BCUT2D eigenvalue weighted by Gasteiger charge is 2.15. The van der Waals surface area contributed by atoms with Gasteiger partial charge in [0, 0.05) is 22.2 Å². The van der Waals surface area contributed by atoms with Crippen molar-refractivity contribution in [1.82, 2.24) is 0 Å². The molecule has 34 heavy (non-hydrogen) atoms. The number of hydrogen-bond acceptors (Lipinski definition) is 3. The number of ether oxygens (including phenoxy) is 1. The van der Waals surface area contributed by atoms with Crippen molar-refractivity contribution in [3.63, 3.8) is 0 Å². The van der Waals surface area contributed by atoms with Gasteiger partial charge in [-0.25, -0.2) is 0 Å². The first-order valence-corrected chi connectivity index (χ1v) is 11.1. The van der Waals surface area contributed by atoms with Gasteiger partial charge in [0.2, 0.25) is 5.91 Å². The predicted octanol–water partition coefficient (Wildman–Crippen LogP) is 6.80. The van der Waals surface area contributed by atoms with Crippen LogP contribution in [0.2, 0.25) is 5.02 Å². The van der Waals surface area contributed by atoms with Crippen molar-refractivity contribution in [3.8, 4) is 5.75 Å². The summed E-state index contributed by atoms with van der Waals surface area (Å²) in [7, 11) is 0. The Balaban J connectivity index is 1.40. The molecule has 1 N–H and O–H groups in total. The topological polar surface area (TPSA) is 55.4 Å². The van der Waals surface area contributed by atoms with Gasteiger partial charge in [-0.3, -0.25) is 9.59 Å². The molecular formula is C29H22ClNO3. The molecule has 0 spiro atoms. The van der Waals surface area contributed by atoms with E-state index < -0.39 is 0 Å². The zero-order valence-electron chi connectivity index (χ0n) is 18.3. The largest absolute Gasteiger partial charge is 0.489 e. The lowest BCUT2D eigenvalue weighted by atomic mass is 10.0. The maximum atomic E-state index is 12.9. The molecule has 4 aromatic carbocycles. The van der Waals surface area contributed by atoms with Gasteiger partial charge >= 0.3 is 0 Å². The van der Waals surface area contributed by atoms with Crippen molar-refractivity contribution >= 4 is 35.1 Å². The third-order valence-corrected chi connectivity index (χ3v) is 5.31. The highest BCUT2D eigenvalue weighted by atomic mass is 35.5. The molecule has 0 saturated carbocycles. The molecule has 0 aliphatic rings. The zero-order valence-corrected chi connectivity index (χ0v) is 19.0. The summed E-state index contributed by atoms with van der Waals surface area (Å²) >= 11 is 6.11. The Hall–Kier alpha value is -4.15. The van der Waals surface area contributed by atoms with Gasteiger partial charge in [0.25, 0.3) is 0 Å². The summed E-state index contributed by atoms with van der Waals surface area (Å²) < 4.78 is 5.79. The van der Waals surface area contributed by atoms with E-state index in [-0.39, 0.29) is 11.7 Å². The molecule has 0 aromatic heterocycles. The highest BCUT2D eigenvalue weighted by Crippen LogP contribution is 2.24. The van der Waals surface area contributed by atoms with Crippen LogP contribution in [0.3, 0.4) is 0 Å². The molecule has 0 fully saturated rings. The van der Waals surface area contributed by atoms with Crippen LogP contribution in [0.1, 0.15) is 27.0 Å². The first-order chi connectivity index (χ1) is 16.6. The Morgan fingerprint density at radius 2 is 1.50 bits per heavy atom.